The van der Waals surface area contributed by atoms with Gasteiger partial charge in [0.15, 0.2) is 0 Å². The molecule has 3 aromatic rings. The lowest BCUT2D eigenvalue weighted by Gasteiger charge is -2.13. The highest BCUT2D eigenvalue weighted by atomic mass is 16.6. The van der Waals surface area contributed by atoms with Crippen LogP contribution in [0.15, 0.2) is 51.4 Å². The van der Waals surface area contributed by atoms with E-state index in [1.807, 2.05) is 19.9 Å². The summed E-state index contributed by atoms with van der Waals surface area (Å²) in [4.78, 5) is 13.2. The molecule has 2 heterocycles. The zero-order valence-corrected chi connectivity index (χ0v) is 15.5. The first-order valence-electron chi connectivity index (χ1n) is 8.96. The van der Waals surface area contributed by atoms with Crippen molar-refractivity contribution in [3.63, 3.8) is 0 Å². The van der Waals surface area contributed by atoms with Gasteiger partial charge >= 0.3 is 0 Å². The summed E-state index contributed by atoms with van der Waals surface area (Å²) in [6.45, 7) is 3.87. The van der Waals surface area contributed by atoms with Crippen molar-refractivity contribution >= 4 is 11.0 Å². The van der Waals surface area contributed by atoms with Crippen molar-refractivity contribution in [1.29, 1.82) is 0 Å². The van der Waals surface area contributed by atoms with Crippen molar-refractivity contribution in [1.82, 2.24) is 0 Å². The second-order valence-corrected chi connectivity index (χ2v) is 7.13. The van der Waals surface area contributed by atoms with E-state index >= 15 is 0 Å². The highest BCUT2D eigenvalue weighted by Crippen LogP contribution is 2.44. The van der Waals surface area contributed by atoms with Crippen LogP contribution in [0.25, 0.3) is 22.1 Å². The van der Waals surface area contributed by atoms with E-state index in [1.165, 1.54) is 18.4 Å². The number of aromatic hydroxyl groups is 2. The molecule has 2 aromatic carbocycles. The predicted molar refractivity (Wildman–Crippen MR) is 105 cm³/mol. The molecule has 0 radical (unpaired) electrons. The van der Waals surface area contributed by atoms with Gasteiger partial charge in [-0.05, 0) is 38.0 Å². The van der Waals surface area contributed by atoms with Gasteiger partial charge in [-0.1, -0.05) is 23.8 Å². The Morgan fingerprint density at radius 1 is 1.21 bits per heavy atom. The van der Waals surface area contributed by atoms with Crippen LogP contribution in [0.4, 0.5) is 0 Å². The summed E-state index contributed by atoms with van der Waals surface area (Å²) in [5.74, 6) is 0.259. The van der Waals surface area contributed by atoms with E-state index < -0.39 is 6.29 Å². The highest BCUT2D eigenvalue weighted by Gasteiger charge is 2.31. The van der Waals surface area contributed by atoms with E-state index in [0.29, 0.717) is 28.9 Å². The van der Waals surface area contributed by atoms with Gasteiger partial charge in [-0.2, -0.15) is 0 Å². The van der Waals surface area contributed by atoms with Gasteiger partial charge in [-0.25, -0.2) is 0 Å². The maximum absolute atomic E-state index is 13.2. The Labute approximate surface area is 160 Å². The van der Waals surface area contributed by atoms with Crippen LogP contribution in [0.1, 0.15) is 25.0 Å². The number of ether oxygens (including phenoxy) is 1. The first-order chi connectivity index (χ1) is 13.4. The molecule has 6 heteroatoms. The monoisotopic (exact) mass is 380 g/mol. The molecular formula is C22H20O6. The van der Waals surface area contributed by atoms with Crippen LogP contribution in [0, 0.1) is 0 Å². The molecule has 28 heavy (non-hydrogen) atoms. The van der Waals surface area contributed by atoms with Gasteiger partial charge < -0.3 is 24.5 Å². The number of fused-ring (bicyclic) bond motifs is 3. The van der Waals surface area contributed by atoms with Gasteiger partial charge in [0.2, 0.25) is 11.7 Å². The maximum atomic E-state index is 13.2. The summed E-state index contributed by atoms with van der Waals surface area (Å²) in [5.41, 5.74) is 2.76. The fraction of sp³-hybridized carbons (Fsp3) is 0.227. The van der Waals surface area contributed by atoms with E-state index in [9.17, 15) is 20.1 Å². The minimum Gasteiger partial charge on any atom is -0.508 e. The topological polar surface area (TPSA) is 100 Å². The van der Waals surface area contributed by atoms with E-state index in [4.69, 9.17) is 9.15 Å². The van der Waals surface area contributed by atoms with Gasteiger partial charge in [-0.3, -0.25) is 4.79 Å². The Bertz CT molecular complexity index is 1150. The lowest BCUT2D eigenvalue weighted by Crippen LogP contribution is -2.10. The second-order valence-electron chi connectivity index (χ2n) is 7.13. The Hall–Kier alpha value is -3.25. The van der Waals surface area contributed by atoms with Crippen LogP contribution in [0.3, 0.4) is 0 Å². The molecule has 1 aliphatic rings. The first kappa shape index (κ1) is 18.1. The summed E-state index contributed by atoms with van der Waals surface area (Å²) in [6.07, 6.45) is 2.74. The normalized spacial score (nSPS) is 15.3. The summed E-state index contributed by atoms with van der Waals surface area (Å²) < 4.78 is 11.2. The summed E-state index contributed by atoms with van der Waals surface area (Å²) in [5, 5.41) is 30.4. The third-order valence-corrected chi connectivity index (χ3v) is 4.86. The zero-order valence-electron chi connectivity index (χ0n) is 15.5. The van der Waals surface area contributed by atoms with E-state index in [0.717, 1.165) is 5.57 Å². The number of rotatable bonds is 3. The molecule has 1 aromatic heterocycles. The largest absolute Gasteiger partial charge is 0.508 e. The molecular weight excluding hydrogens is 360 g/mol. The van der Waals surface area contributed by atoms with Crippen LogP contribution in [0.2, 0.25) is 0 Å². The molecule has 4 rings (SSSR count). The van der Waals surface area contributed by atoms with Gasteiger partial charge in [0.25, 0.3) is 0 Å². The van der Waals surface area contributed by atoms with Gasteiger partial charge in [0.05, 0.1) is 5.56 Å². The molecule has 3 N–H and O–H groups in total. The highest BCUT2D eigenvalue weighted by molar-refractivity contribution is 5.93. The van der Waals surface area contributed by atoms with Crippen LogP contribution in [-0.2, 0) is 12.8 Å². The van der Waals surface area contributed by atoms with Crippen molar-refractivity contribution in [2.75, 3.05) is 0 Å². The van der Waals surface area contributed by atoms with Crippen molar-refractivity contribution in [3.05, 3.63) is 63.5 Å². The molecule has 1 unspecified atom stereocenters. The van der Waals surface area contributed by atoms with Gasteiger partial charge in [0, 0.05) is 17.5 Å². The molecule has 0 aliphatic carbocycles. The van der Waals surface area contributed by atoms with Crippen LogP contribution < -0.4 is 10.2 Å². The van der Waals surface area contributed by atoms with Crippen LogP contribution >= 0.6 is 0 Å². The van der Waals surface area contributed by atoms with Gasteiger partial charge in [-0.15, -0.1) is 0 Å². The molecule has 0 saturated heterocycles. The van der Waals surface area contributed by atoms with Crippen LogP contribution in [-0.4, -0.2) is 21.6 Å². The SMILES string of the molecule is CC(C)=CCc1c2c(c3occ(-c4ccc(O)cc4)c(=O)c3c1O)CC(O)O2. The molecule has 0 bridgehead atoms. The number of phenolic OH excluding ortho intramolecular Hbond substituents is 2. The lowest BCUT2D eigenvalue weighted by atomic mass is 9.97. The Morgan fingerprint density at radius 2 is 1.93 bits per heavy atom. The van der Waals surface area contributed by atoms with E-state index in [-0.39, 0.29) is 39.9 Å². The lowest BCUT2D eigenvalue weighted by molar-refractivity contribution is 0.00159. The molecule has 1 aliphatic heterocycles. The molecule has 0 amide bonds. The second kappa shape index (κ2) is 6.73. The van der Waals surface area contributed by atoms with Crippen molar-refractivity contribution in [2.45, 2.75) is 33.0 Å². The minimum absolute atomic E-state index is 0.0687. The standard InChI is InChI=1S/C22H20O6/c1-11(2)3-8-14-19(25)18-20(26)16(12-4-6-13(23)7-5-12)10-27-22(18)15-9-17(24)28-21(14)15/h3-7,10,17,23-25H,8-9H2,1-2H3. The third-order valence-electron chi connectivity index (χ3n) is 4.86. The van der Waals surface area contributed by atoms with Crippen molar-refractivity contribution < 1.29 is 24.5 Å². The number of aliphatic hydroxyl groups excluding tert-OH is 1. The number of allylic oxidation sites excluding steroid dienone is 2. The quantitative estimate of drug-likeness (QED) is 0.600. The average Bonchev–Trinajstić information content (AvgIpc) is 3.03. The molecule has 0 spiro atoms. The Morgan fingerprint density at radius 3 is 2.61 bits per heavy atom. The number of benzene rings is 2. The summed E-state index contributed by atoms with van der Waals surface area (Å²) >= 11 is 0. The third kappa shape index (κ3) is 2.92. The van der Waals surface area contributed by atoms with Crippen LogP contribution in [0.5, 0.6) is 17.2 Å². The molecule has 0 saturated carbocycles. The smallest absolute Gasteiger partial charge is 0.204 e. The molecule has 6 nitrogen and oxygen atoms in total. The van der Waals surface area contributed by atoms with Crippen molar-refractivity contribution in [3.8, 4) is 28.4 Å². The Kier molecular flexibility index (Phi) is 4.35. The van der Waals surface area contributed by atoms with Crippen molar-refractivity contribution in [2.24, 2.45) is 0 Å². The number of hydrogen-bond donors (Lipinski definition) is 3. The zero-order chi connectivity index (χ0) is 20.0. The average molecular weight is 380 g/mol. The first-order valence-corrected chi connectivity index (χ1v) is 8.96. The number of hydrogen-bond acceptors (Lipinski definition) is 6. The molecule has 144 valence electrons. The maximum Gasteiger partial charge on any atom is 0.204 e. The predicted octanol–water partition coefficient (Wildman–Crippen LogP) is 3.63. The minimum atomic E-state index is -1.05. The number of aliphatic hydroxyl groups is 1. The fourth-order valence-corrected chi connectivity index (χ4v) is 3.46. The Balaban J connectivity index is 2.01. The van der Waals surface area contributed by atoms with Gasteiger partial charge in [0.1, 0.15) is 34.5 Å². The summed E-state index contributed by atoms with van der Waals surface area (Å²) in [7, 11) is 0. The van der Waals surface area contributed by atoms with E-state index in [2.05, 4.69) is 0 Å². The van der Waals surface area contributed by atoms with E-state index in [1.54, 1.807) is 12.1 Å². The molecule has 1 atom stereocenters. The number of phenols is 2. The molecule has 0 fully saturated rings. The fourth-order valence-electron chi connectivity index (χ4n) is 3.46. The summed E-state index contributed by atoms with van der Waals surface area (Å²) in [6, 6.07) is 6.17.